The maximum atomic E-state index is 13.8. The molecule has 0 aliphatic carbocycles. The predicted octanol–water partition coefficient (Wildman–Crippen LogP) is 4.96. The molecule has 10 nitrogen and oxygen atoms in total. The second-order valence-corrected chi connectivity index (χ2v) is 10.5. The summed E-state index contributed by atoms with van der Waals surface area (Å²) < 4.78 is 51.0. The van der Waals surface area contributed by atoms with Crippen molar-refractivity contribution in [3.8, 4) is 17.5 Å². The minimum atomic E-state index is -4.93. The maximum absolute atomic E-state index is 13.8. The molecule has 0 bridgehead atoms. The molecule has 0 fully saturated rings. The molecule has 0 aliphatic heterocycles. The Labute approximate surface area is 229 Å². The van der Waals surface area contributed by atoms with Crippen LogP contribution in [0.2, 0.25) is 5.02 Å². The lowest BCUT2D eigenvalue weighted by molar-refractivity contribution is -0.274. The molecule has 0 saturated heterocycles. The van der Waals surface area contributed by atoms with E-state index in [4.69, 9.17) is 16.3 Å². The number of alkyl halides is 3. The summed E-state index contributed by atoms with van der Waals surface area (Å²) in [6, 6.07) is 9.50. The average Bonchev–Trinajstić information content (AvgIpc) is 3.17. The fraction of sp³-hybridized carbons (Fsp3) is 0.308. The number of benzene rings is 2. The smallest absolute Gasteiger partial charge is 0.480 e. The standard InChI is InChI=1S/C26H24ClF3N4O6/c1-25(2,3)19(22(36)37)34-21(35)18-20(32(4)24(34)38)31-23(33(18)13-14-8-10-15(27)11-9-14)39-16-6-5-7-17(12-16)40-26(28,29)30/h5-12,19H,13H2,1-4H3,(H,36,37). The van der Waals surface area contributed by atoms with Crippen LogP contribution >= 0.6 is 11.6 Å². The van der Waals surface area contributed by atoms with Gasteiger partial charge in [-0.3, -0.25) is 13.9 Å². The Hall–Kier alpha value is -4.26. The molecule has 14 heteroatoms. The molecular formula is C26H24ClF3N4O6. The van der Waals surface area contributed by atoms with Gasteiger partial charge in [-0.2, -0.15) is 4.98 Å². The van der Waals surface area contributed by atoms with E-state index in [1.807, 2.05) is 0 Å². The number of nitrogens with zero attached hydrogens (tertiary/aromatic N) is 4. The van der Waals surface area contributed by atoms with Crippen LogP contribution in [-0.2, 0) is 18.4 Å². The van der Waals surface area contributed by atoms with Gasteiger partial charge in [0.1, 0.15) is 17.5 Å². The van der Waals surface area contributed by atoms with Crippen molar-refractivity contribution in [2.24, 2.45) is 12.5 Å². The molecule has 2 aromatic heterocycles. The predicted molar refractivity (Wildman–Crippen MR) is 139 cm³/mol. The van der Waals surface area contributed by atoms with Crippen LogP contribution in [-0.4, -0.2) is 36.1 Å². The van der Waals surface area contributed by atoms with Crippen molar-refractivity contribution in [2.45, 2.75) is 39.7 Å². The summed E-state index contributed by atoms with van der Waals surface area (Å²) >= 11 is 6.00. The zero-order chi connectivity index (χ0) is 29.6. The van der Waals surface area contributed by atoms with E-state index in [9.17, 15) is 32.7 Å². The highest BCUT2D eigenvalue weighted by Gasteiger charge is 2.37. The van der Waals surface area contributed by atoms with Gasteiger partial charge >= 0.3 is 24.0 Å². The average molecular weight is 581 g/mol. The Kier molecular flexibility index (Phi) is 7.45. The molecule has 4 rings (SSSR count). The summed E-state index contributed by atoms with van der Waals surface area (Å²) in [5, 5.41) is 10.4. The number of aryl methyl sites for hydroxylation is 1. The van der Waals surface area contributed by atoms with Gasteiger partial charge in [0.25, 0.3) is 5.56 Å². The van der Waals surface area contributed by atoms with Crippen LogP contribution in [0, 0.1) is 5.41 Å². The number of aromatic nitrogens is 4. The molecule has 0 radical (unpaired) electrons. The summed E-state index contributed by atoms with van der Waals surface area (Å²) in [5.41, 5.74) is -2.50. The van der Waals surface area contributed by atoms with Gasteiger partial charge in [-0.15, -0.1) is 13.2 Å². The topological polar surface area (TPSA) is 118 Å². The van der Waals surface area contributed by atoms with Crippen LogP contribution in [0.1, 0.15) is 32.4 Å². The second-order valence-electron chi connectivity index (χ2n) is 10.0. The van der Waals surface area contributed by atoms with Gasteiger partial charge in [0.2, 0.25) is 0 Å². The highest BCUT2D eigenvalue weighted by Crippen LogP contribution is 2.32. The molecule has 1 atom stereocenters. The second kappa shape index (κ2) is 10.4. The number of hydrogen-bond acceptors (Lipinski definition) is 6. The minimum Gasteiger partial charge on any atom is -0.480 e. The van der Waals surface area contributed by atoms with E-state index in [0.29, 0.717) is 15.2 Å². The number of carboxylic acid groups (broad SMARTS) is 1. The number of fused-ring (bicyclic) bond motifs is 1. The number of carbonyl (C=O) groups is 1. The van der Waals surface area contributed by atoms with Crippen molar-refractivity contribution in [3.05, 3.63) is 80.0 Å². The quantitative estimate of drug-likeness (QED) is 0.328. The summed E-state index contributed by atoms with van der Waals surface area (Å²) in [5.74, 6) is -2.03. The lowest BCUT2D eigenvalue weighted by atomic mass is 9.86. The first-order valence-electron chi connectivity index (χ1n) is 11.8. The molecule has 0 amide bonds. The molecule has 4 aromatic rings. The zero-order valence-corrected chi connectivity index (χ0v) is 22.4. The maximum Gasteiger partial charge on any atom is 0.573 e. The molecule has 1 unspecified atom stereocenters. The summed E-state index contributed by atoms with van der Waals surface area (Å²) in [6.45, 7) is 4.70. The lowest BCUT2D eigenvalue weighted by Crippen LogP contribution is -2.48. The Morgan fingerprint density at radius 3 is 2.27 bits per heavy atom. The number of carboxylic acids is 1. The number of ether oxygens (including phenoxy) is 2. The first kappa shape index (κ1) is 28.7. The van der Waals surface area contributed by atoms with Gasteiger partial charge in [-0.25, -0.2) is 14.2 Å². The number of rotatable bonds is 7. The number of imidazole rings is 1. The van der Waals surface area contributed by atoms with Crippen LogP contribution in [0.5, 0.6) is 17.5 Å². The SMILES string of the molecule is Cn1c(=O)n(C(C(=O)O)C(C)(C)C)c(=O)c2c1nc(Oc1cccc(OC(F)(F)F)c1)n2Cc1ccc(Cl)cc1. The normalized spacial score (nSPS) is 12.9. The van der Waals surface area contributed by atoms with E-state index in [1.165, 1.54) is 23.7 Å². The highest BCUT2D eigenvalue weighted by atomic mass is 35.5. The first-order valence-corrected chi connectivity index (χ1v) is 12.2. The molecule has 2 aromatic carbocycles. The first-order chi connectivity index (χ1) is 18.6. The third kappa shape index (κ3) is 5.83. The van der Waals surface area contributed by atoms with Crippen LogP contribution in [0.4, 0.5) is 13.2 Å². The molecular weight excluding hydrogens is 557 g/mol. The molecule has 2 heterocycles. The molecule has 1 N–H and O–H groups in total. The molecule has 40 heavy (non-hydrogen) atoms. The van der Waals surface area contributed by atoms with E-state index in [-0.39, 0.29) is 29.5 Å². The zero-order valence-electron chi connectivity index (χ0n) is 21.7. The van der Waals surface area contributed by atoms with Gasteiger partial charge in [0.05, 0.1) is 6.54 Å². The molecule has 212 valence electrons. The fourth-order valence-corrected chi connectivity index (χ4v) is 4.38. The van der Waals surface area contributed by atoms with Crippen molar-refractivity contribution in [1.82, 2.24) is 18.7 Å². The monoisotopic (exact) mass is 580 g/mol. The minimum absolute atomic E-state index is 0.0392. The van der Waals surface area contributed by atoms with Crippen molar-refractivity contribution in [1.29, 1.82) is 0 Å². The highest BCUT2D eigenvalue weighted by molar-refractivity contribution is 6.30. The van der Waals surface area contributed by atoms with Crippen LogP contribution in [0.3, 0.4) is 0 Å². The molecule has 0 spiro atoms. The van der Waals surface area contributed by atoms with Gasteiger partial charge in [-0.05, 0) is 35.2 Å². The Morgan fingerprint density at radius 1 is 1.07 bits per heavy atom. The van der Waals surface area contributed by atoms with E-state index in [0.717, 1.165) is 16.7 Å². The Balaban J connectivity index is 1.97. The summed E-state index contributed by atoms with van der Waals surface area (Å²) in [6.07, 6.45) is -4.93. The summed E-state index contributed by atoms with van der Waals surface area (Å²) in [7, 11) is 1.32. The third-order valence-corrected chi connectivity index (χ3v) is 6.21. The van der Waals surface area contributed by atoms with Crippen LogP contribution < -0.4 is 20.7 Å². The van der Waals surface area contributed by atoms with Gasteiger partial charge < -0.3 is 14.6 Å². The Morgan fingerprint density at radius 2 is 1.70 bits per heavy atom. The van der Waals surface area contributed by atoms with Crippen molar-refractivity contribution in [3.63, 3.8) is 0 Å². The third-order valence-electron chi connectivity index (χ3n) is 5.96. The van der Waals surface area contributed by atoms with Gasteiger partial charge in [0, 0.05) is 18.1 Å². The lowest BCUT2D eigenvalue weighted by Gasteiger charge is -2.28. The van der Waals surface area contributed by atoms with E-state index in [2.05, 4.69) is 9.72 Å². The van der Waals surface area contributed by atoms with Gasteiger partial charge in [-0.1, -0.05) is 50.6 Å². The molecule has 0 aliphatic rings. The van der Waals surface area contributed by atoms with Crippen molar-refractivity contribution >= 4 is 28.7 Å². The van der Waals surface area contributed by atoms with Crippen molar-refractivity contribution in [2.75, 3.05) is 0 Å². The van der Waals surface area contributed by atoms with E-state index >= 15 is 0 Å². The number of halogens is 4. The summed E-state index contributed by atoms with van der Waals surface area (Å²) in [4.78, 5) is 43.7. The van der Waals surface area contributed by atoms with Crippen LogP contribution in [0.15, 0.2) is 58.1 Å². The van der Waals surface area contributed by atoms with E-state index < -0.39 is 40.8 Å². The number of aliphatic carboxylic acids is 1. The van der Waals surface area contributed by atoms with Crippen molar-refractivity contribution < 1.29 is 32.5 Å². The Bertz CT molecular complexity index is 1700. The number of hydrogen-bond donors (Lipinski definition) is 1. The van der Waals surface area contributed by atoms with Crippen LogP contribution in [0.25, 0.3) is 11.2 Å². The largest absolute Gasteiger partial charge is 0.573 e. The van der Waals surface area contributed by atoms with Gasteiger partial charge in [0.15, 0.2) is 11.2 Å². The molecule has 0 saturated carbocycles. The van der Waals surface area contributed by atoms with E-state index in [1.54, 1.807) is 45.0 Å². The fourth-order valence-electron chi connectivity index (χ4n) is 4.25.